The number of amides is 2. The predicted octanol–water partition coefficient (Wildman–Crippen LogP) is 1.20. The first kappa shape index (κ1) is 15.0. The molecule has 0 saturated heterocycles. The summed E-state index contributed by atoms with van der Waals surface area (Å²) >= 11 is 0. The van der Waals surface area contributed by atoms with E-state index in [4.69, 9.17) is 9.63 Å². The van der Waals surface area contributed by atoms with E-state index in [2.05, 4.69) is 15.8 Å². The minimum Gasteiger partial charge on any atom is -0.481 e. The van der Waals surface area contributed by atoms with Crippen molar-refractivity contribution < 1.29 is 19.2 Å². The third-order valence-electron chi connectivity index (χ3n) is 2.96. The highest BCUT2D eigenvalue weighted by Crippen LogP contribution is 2.11. The minimum absolute atomic E-state index is 0.110. The maximum absolute atomic E-state index is 11.5. The van der Waals surface area contributed by atoms with Crippen molar-refractivity contribution in [2.75, 3.05) is 6.54 Å². The third kappa shape index (κ3) is 4.27. The first-order valence-electron chi connectivity index (χ1n) is 6.12. The number of hydrogen-bond acceptors (Lipinski definition) is 4. The second-order valence-electron chi connectivity index (χ2n) is 4.31. The van der Waals surface area contributed by atoms with Crippen LogP contribution in [0.3, 0.4) is 0 Å². The number of aliphatic carboxylic acids is 1. The smallest absolute Gasteiger partial charge is 0.315 e. The van der Waals surface area contributed by atoms with E-state index in [0.717, 1.165) is 11.3 Å². The number of carboxylic acids is 1. The predicted molar refractivity (Wildman–Crippen MR) is 67.6 cm³/mol. The quantitative estimate of drug-likeness (QED) is 0.719. The zero-order chi connectivity index (χ0) is 14.4. The van der Waals surface area contributed by atoms with Gasteiger partial charge in [-0.05, 0) is 20.3 Å². The summed E-state index contributed by atoms with van der Waals surface area (Å²) < 4.78 is 4.98. The van der Waals surface area contributed by atoms with Crippen molar-refractivity contribution in [1.82, 2.24) is 15.8 Å². The van der Waals surface area contributed by atoms with E-state index < -0.39 is 17.9 Å². The molecule has 0 aromatic carbocycles. The molecule has 0 spiro atoms. The van der Waals surface area contributed by atoms with E-state index in [1.165, 1.54) is 0 Å². The highest BCUT2D eigenvalue weighted by molar-refractivity contribution is 5.75. The summed E-state index contributed by atoms with van der Waals surface area (Å²) in [6.45, 7) is 5.74. The zero-order valence-electron chi connectivity index (χ0n) is 11.3. The molecule has 0 aliphatic heterocycles. The van der Waals surface area contributed by atoms with Crippen molar-refractivity contribution in [3.63, 3.8) is 0 Å². The second-order valence-corrected chi connectivity index (χ2v) is 4.31. The Balaban J connectivity index is 2.38. The molecule has 1 aromatic heterocycles. The van der Waals surface area contributed by atoms with Gasteiger partial charge in [0.15, 0.2) is 0 Å². The molecule has 0 aliphatic carbocycles. The number of nitrogens with zero attached hydrogens (tertiary/aromatic N) is 1. The summed E-state index contributed by atoms with van der Waals surface area (Å²) in [5.74, 6) is -0.812. The Morgan fingerprint density at radius 2 is 2.05 bits per heavy atom. The van der Waals surface area contributed by atoms with Gasteiger partial charge in [-0.2, -0.15) is 0 Å². The maximum Gasteiger partial charge on any atom is 0.315 e. The van der Waals surface area contributed by atoms with Crippen LogP contribution in [0.5, 0.6) is 0 Å². The Labute approximate surface area is 111 Å². The minimum atomic E-state index is -0.909. The Hall–Kier alpha value is -2.05. The van der Waals surface area contributed by atoms with Crippen molar-refractivity contribution in [3.05, 3.63) is 17.0 Å². The Morgan fingerprint density at radius 1 is 1.37 bits per heavy atom. The molecule has 0 fully saturated rings. The molecule has 1 atom stereocenters. The van der Waals surface area contributed by atoms with Crippen LogP contribution >= 0.6 is 0 Å². The van der Waals surface area contributed by atoms with E-state index in [1.807, 2.05) is 0 Å². The molecule has 106 valence electrons. The van der Waals surface area contributed by atoms with E-state index in [9.17, 15) is 9.59 Å². The monoisotopic (exact) mass is 269 g/mol. The summed E-state index contributed by atoms with van der Waals surface area (Å²) in [7, 11) is 0. The fraction of sp³-hybridized carbons (Fsp3) is 0.583. The van der Waals surface area contributed by atoms with E-state index in [0.29, 0.717) is 18.7 Å². The number of rotatable bonds is 6. The fourth-order valence-electron chi connectivity index (χ4n) is 1.61. The summed E-state index contributed by atoms with van der Waals surface area (Å²) in [4.78, 5) is 22.3. The molecule has 0 radical (unpaired) electrons. The number of carbonyl (C=O) groups excluding carboxylic acids is 1. The molecule has 1 unspecified atom stereocenters. The van der Waals surface area contributed by atoms with Crippen LogP contribution in [0.25, 0.3) is 0 Å². The molecule has 3 N–H and O–H groups in total. The van der Waals surface area contributed by atoms with Crippen LogP contribution in [0.4, 0.5) is 4.79 Å². The lowest BCUT2D eigenvalue weighted by Crippen LogP contribution is -2.39. The highest BCUT2D eigenvalue weighted by atomic mass is 16.5. The molecular formula is C12H19N3O4. The normalized spacial score (nSPS) is 11.9. The fourth-order valence-corrected chi connectivity index (χ4v) is 1.61. The topological polar surface area (TPSA) is 104 Å². The van der Waals surface area contributed by atoms with Crippen LogP contribution in [0, 0.1) is 19.8 Å². The molecule has 1 aromatic rings. The van der Waals surface area contributed by atoms with Gasteiger partial charge in [0.1, 0.15) is 5.76 Å². The zero-order valence-corrected chi connectivity index (χ0v) is 11.3. The van der Waals surface area contributed by atoms with E-state index in [-0.39, 0.29) is 6.54 Å². The average molecular weight is 269 g/mol. The molecule has 1 heterocycles. The SMILES string of the molecule is CCC(CNC(=O)NCc1c(C)noc1C)C(=O)O. The molecule has 7 nitrogen and oxygen atoms in total. The molecule has 0 aliphatic rings. The summed E-state index contributed by atoms with van der Waals surface area (Å²) in [5, 5.41) is 17.8. The molecule has 0 bridgehead atoms. The number of urea groups is 1. The maximum atomic E-state index is 11.5. The van der Waals surface area contributed by atoms with Crippen LogP contribution in [0.1, 0.15) is 30.4 Å². The number of carbonyl (C=O) groups is 2. The van der Waals surface area contributed by atoms with Gasteiger partial charge in [0, 0.05) is 18.7 Å². The van der Waals surface area contributed by atoms with Gasteiger partial charge in [-0.15, -0.1) is 0 Å². The summed E-state index contributed by atoms with van der Waals surface area (Å²) in [6, 6.07) is -0.403. The molecular weight excluding hydrogens is 250 g/mol. The van der Waals surface area contributed by atoms with E-state index >= 15 is 0 Å². The van der Waals surface area contributed by atoms with Gasteiger partial charge < -0.3 is 20.3 Å². The number of nitrogens with one attached hydrogen (secondary N) is 2. The van der Waals surface area contributed by atoms with Gasteiger partial charge in [-0.25, -0.2) is 4.79 Å². The first-order chi connectivity index (χ1) is 8.95. The van der Waals surface area contributed by atoms with Crippen LogP contribution in [-0.4, -0.2) is 28.8 Å². The van der Waals surface area contributed by atoms with Crippen molar-refractivity contribution in [2.45, 2.75) is 33.7 Å². The van der Waals surface area contributed by atoms with E-state index in [1.54, 1.807) is 20.8 Å². The van der Waals surface area contributed by atoms with Crippen molar-refractivity contribution >= 4 is 12.0 Å². The van der Waals surface area contributed by atoms with Gasteiger partial charge in [0.25, 0.3) is 0 Å². The van der Waals surface area contributed by atoms with Gasteiger partial charge >= 0.3 is 12.0 Å². The van der Waals surface area contributed by atoms with Crippen molar-refractivity contribution in [2.24, 2.45) is 5.92 Å². The second kappa shape index (κ2) is 6.77. The largest absolute Gasteiger partial charge is 0.481 e. The third-order valence-corrected chi connectivity index (χ3v) is 2.96. The first-order valence-corrected chi connectivity index (χ1v) is 6.12. The Kier molecular flexibility index (Phi) is 5.35. The number of carboxylic acid groups (broad SMARTS) is 1. The number of aromatic nitrogens is 1. The summed E-state index contributed by atoms with van der Waals surface area (Å²) in [5.41, 5.74) is 1.56. The highest BCUT2D eigenvalue weighted by Gasteiger charge is 2.16. The lowest BCUT2D eigenvalue weighted by Gasteiger charge is -2.11. The van der Waals surface area contributed by atoms with Gasteiger partial charge in [0.2, 0.25) is 0 Å². The lowest BCUT2D eigenvalue weighted by atomic mass is 10.1. The molecule has 19 heavy (non-hydrogen) atoms. The van der Waals surface area contributed by atoms with Gasteiger partial charge in [0.05, 0.1) is 11.6 Å². The van der Waals surface area contributed by atoms with Crippen LogP contribution < -0.4 is 10.6 Å². The number of hydrogen-bond donors (Lipinski definition) is 3. The van der Waals surface area contributed by atoms with Crippen LogP contribution in [-0.2, 0) is 11.3 Å². The molecule has 0 saturated carbocycles. The Bertz CT molecular complexity index is 436. The van der Waals surface area contributed by atoms with Crippen molar-refractivity contribution in [1.29, 1.82) is 0 Å². The summed E-state index contributed by atoms with van der Waals surface area (Å²) in [6.07, 6.45) is 0.472. The number of aryl methyl sites for hydroxylation is 2. The van der Waals surface area contributed by atoms with Crippen LogP contribution in [0.15, 0.2) is 4.52 Å². The molecule has 7 heteroatoms. The molecule has 1 rings (SSSR count). The van der Waals surface area contributed by atoms with Gasteiger partial charge in [-0.3, -0.25) is 4.79 Å². The van der Waals surface area contributed by atoms with Crippen molar-refractivity contribution in [3.8, 4) is 0 Å². The van der Waals surface area contributed by atoms with Gasteiger partial charge in [-0.1, -0.05) is 12.1 Å². The lowest BCUT2D eigenvalue weighted by molar-refractivity contribution is -0.141. The standard InChI is InChI=1S/C12H19N3O4/c1-4-9(11(16)17)5-13-12(18)14-6-10-7(2)15-19-8(10)3/h9H,4-6H2,1-3H3,(H,16,17)(H2,13,14,18). The molecule has 2 amide bonds. The van der Waals surface area contributed by atoms with Crippen LogP contribution in [0.2, 0.25) is 0 Å². The Morgan fingerprint density at radius 3 is 2.53 bits per heavy atom. The average Bonchev–Trinajstić information content (AvgIpc) is 2.67.